The number of pyridine rings is 2. The number of aryl methyl sites for hydroxylation is 1. The topological polar surface area (TPSA) is 98.7 Å². The quantitative estimate of drug-likeness (QED) is 0.262. The number of hydrogen-bond acceptors (Lipinski definition) is 8. The van der Waals surface area contributed by atoms with Gasteiger partial charge >= 0.3 is 0 Å². The van der Waals surface area contributed by atoms with Crippen molar-refractivity contribution in [2.45, 2.75) is 30.3 Å². The Bertz CT molecular complexity index is 1750. The molecule has 0 aliphatic carbocycles. The molecule has 2 aliphatic rings. The predicted molar refractivity (Wildman–Crippen MR) is 174 cm³/mol. The second-order valence-electron chi connectivity index (χ2n) is 10.9. The van der Waals surface area contributed by atoms with Crippen LogP contribution in [0.25, 0.3) is 11.3 Å². The molecule has 6 rings (SSSR count). The number of sulfonamides is 1. The maximum Gasteiger partial charge on any atom is 0.253 e. The molecule has 0 saturated carbocycles. The molecule has 5 heterocycles. The first kappa shape index (κ1) is 30.4. The number of nitrogens with one attached hydrogen (secondary N) is 1. The average molecular weight is 649 g/mol. The van der Waals surface area contributed by atoms with Gasteiger partial charge in [-0.1, -0.05) is 59.6 Å². The highest BCUT2D eigenvalue weighted by Crippen LogP contribution is 2.31. The summed E-state index contributed by atoms with van der Waals surface area (Å²) in [6, 6.07) is 20.3. The molecule has 0 bridgehead atoms. The second kappa shape index (κ2) is 13.2. The van der Waals surface area contributed by atoms with Crippen molar-refractivity contribution in [3.63, 3.8) is 0 Å². The first-order chi connectivity index (χ1) is 21.3. The Morgan fingerprint density at radius 1 is 1.05 bits per heavy atom. The van der Waals surface area contributed by atoms with Gasteiger partial charge in [0.2, 0.25) is 5.91 Å². The predicted octanol–water partition coefficient (Wildman–Crippen LogP) is 4.73. The minimum absolute atomic E-state index is 0.116. The van der Waals surface area contributed by atoms with E-state index in [2.05, 4.69) is 44.4 Å². The summed E-state index contributed by atoms with van der Waals surface area (Å²) < 4.78 is 28.2. The molecule has 0 unspecified atom stereocenters. The van der Waals surface area contributed by atoms with Crippen LogP contribution in [0.5, 0.6) is 0 Å². The van der Waals surface area contributed by atoms with Crippen molar-refractivity contribution in [2.24, 2.45) is 0 Å². The van der Waals surface area contributed by atoms with Crippen LogP contribution in [0.2, 0.25) is 4.34 Å². The van der Waals surface area contributed by atoms with Gasteiger partial charge in [0.25, 0.3) is 10.0 Å². The molecule has 4 aromatic rings. The van der Waals surface area contributed by atoms with Crippen LogP contribution in [0.15, 0.2) is 89.3 Å². The van der Waals surface area contributed by atoms with Crippen LogP contribution in [0, 0.1) is 6.92 Å². The standard InChI is InChI=1S/C32H33ClN6O3S2/c1-23-7-9-25(10-8-23)27-19-24(20-30(36-27)38-17-15-37(16-18-38)22-26-5-2-3-13-34-26)21-35-32(40)28-6-4-14-39(28)44(41,42)31-12-11-29(33)43-31/h2-13,19-20,28H,14-18,21-22H2,1H3,(H,35,40)/t28-/m0/s1. The van der Waals surface area contributed by atoms with Gasteiger partial charge in [-0.2, -0.15) is 4.31 Å². The summed E-state index contributed by atoms with van der Waals surface area (Å²) in [4.78, 5) is 27.5. The monoisotopic (exact) mass is 648 g/mol. The van der Waals surface area contributed by atoms with Crippen molar-refractivity contribution in [2.75, 3.05) is 37.6 Å². The van der Waals surface area contributed by atoms with Gasteiger partial charge < -0.3 is 10.2 Å². The maximum absolute atomic E-state index is 13.3. The zero-order chi connectivity index (χ0) is 30.7. The van der Waals surface area contributed by atoms with Gasteiger partial charge in [-0.3, -0.25) is 14.7 Å². The zero-order valence-corrected chi connectivity index (χ0v) is 26.7. The Morgan fingerprint density at radius 2 is 1.84 bits per heavy atom. The number of carbonyl (C=O) groups is 1. The molecule has 1 N–H and O–H groups in total. The number of halogens is 1. The Kier molecular flexibility index (Phi) is 9.11. The lowest BCUT2D eigenvalue weighted by atomic mass is 10.1. The second-order valence-corrected chi connectivity index (χ2v) is 14.7. The molecule has 9 nitrogen and oxygen atoms in total. The van der Waals surface area contributed by atoms with E-state index < -0.39 is 16.1 Å². The lowest BCUT2D eigenvalue weighted by Crippen LogP contribution is -2.46. The molecular formula is C32H33ClN6O3S2. The molecule has 1 atom stereocenters. The van der Waals surface area contributed by atoms with Crippen LogP contribution < -0.4 is 10.2 Å². The molecular weight excluding hydrogens is 616 g/mol. The Morgan fingerprint density at radius 3 is 2.55 bits per heavy atom. The van der Waals surface area contributed by atoms with E-state index in [1.807, 2.05) is 43.5 Å². The number of amides is 1. The third kappa shape index (κ3) is 6.87. The Hall–Kier alpha value is -3.61. The maximum atomic E-state index is 13.3. The lowest BCUT2D eigenvalue weighted by molar-refractivity contribution is -0.123. The molecule has 1 aromatic carbocycles. The fourth-order valence-electron chi connectivity index (χ4n) is 5.38. The van der Waals surface area contributed by atoms with Crippen LogP contribution in [0.1, 0.15) is 16.8 Å². The summed E-state index contributed by atoms with van der Waals surface area (Å²) in [5.41, 5.74) is 4.92. The Balaban J connectivity index is 1.18. The number of nitrogens with zero attached hydrogens (tertiary/aromatic N) is 5. The van der Waals surface area contributed by atoms with Crippen LogP contribution in [0.3, 0.4) is 0 Å². The summed E-state index contributed by atoms with van der Waals surface area (Å²) in [5, 5.41) is 2.97. The normalized spacial score (nSPS) is 17.7. The summed E-state index contributed by atoms with van der Waals surface area (Å²) in [7, 11) is -3.87. The number of rotatable bonds is 9. The highest BCUT2D eigenvalue weighted by Gasteiger charge is 2.37. The van der Waals surface area contributed by atoms with E-state index in [1.54, 1.807) is 18.2 Å². The summed E-state index contributed by atoms with van der Waals surface area (Å²) in [5.74, 6) is 0.465. The van der Waals surface area contributed by atoms with E-state index >= 15 is 0 Å². The summed E-state index contributed by atoms with van der Waals surface area (Å²) in [6.07, 6.45) is 5.15. The first-order valence-corrected chi connectivity index (χ1v) is 17.1. The molecule has 1 saturated heterocycles. The largest absolute Gasteiger partial charge is 0.354 e. The lowest BCUT2D eigenvalue weighted by Gasteiger charge is -2.35. The molecule has 2 aliphatic heterocycles. The zero-order valence-electron chi connectivity index (χ0n) is 24.3. The van der Waals surface area contributed by atoms with Gasteiger partial charge in [-0.05, 0) is 48.9 Å². The molecule has 0 radical (unpaired) electrons. The molecule has 12 heteroatoms. The van der Waals surface area contributed by atoms with Crippen LogP contribution >= 0.6 is 22.9 Å². The van der Waals surface area contributed by atoms with E-state index in [0.29, 0.717) is 4.34 Å². The number of aromatic nitrogens is 2. The van der Waals surface area contributed by atoms with Crippen molar-refractivity contribution >= 4 is 44.7 Å². The number of piperazine rings is 1. The van der Waals surface area contributed by atoms with E-state index in [4.69, 9.17) is 16.6 Å². The minimum Gasteiger partial charge on any atom is -0.354 e. The molecule has 44 heavy (non-hydrogen) atoms. The number of carbonyl (C=O) groups excluding carboxylic acids is 1. The van der Waals surface area contributed by atoms with Crippen LogP contribution in [-0.2, 0) is 27.9 Å². The highest BCUT2D eigenvalue weighted by molar-refractivity contribution is 7.91. The number of hydrogen-bond donors (Lipinski definition) is 1. The van der Waals surface area contributed by atoms with Gasteiger partial charge in [0.1, 0.15) is 16.1 Å². The fraction of sp³-hybridized carbons (Fsp3) is 0.281. The number of anilines is 1. The molecule has 0 spiro atoms. The van der Waals surface area contributed by atoms with E-state index in [9.17, 15) is 13.2 Å². The van der Waals surface area contributed by atoms with Crippen LogP contribution in [0.4, 0.5) is 5.82 Å². The molecule has 1 amide bonds. The third-order valence-electron chi connectivity index (χ3n) is 7.79. The first-order valence-electron chi connectivity index (χ1n) is 14.4. The van der Waals surface area contributed by atoms with Crippen molar-refractivity contribution in [3.8, 4) is 11.3 Å². The third-order valence-corrected chi connectivity index (χ3v) is 11.3. The Labute approximate surface area is 266 Å². The summed E-state index contributed by atoms with van der Waals surface area (Å²) in [6.45, 7) is 6.61. The van der Waals surface area contributed by atoms with Crippen molar-refractivity contribution < 1.29 is 13.2 Å². The highest BCUT2D eigenvalue weighted by atomic mass is 35.5. The molecule has 3 aromatic heterocycles. The summed E-state index contributed by atoms with van der Waals surface area (Å²) >= 11 is 6.97. The molecule has 1 fully saturated rings. The fourth-order valence-corrected chi connectivity index (χ4v) is 8.49. The van der Waals surface area contributed by atoms with Crippen molar-refractivity contribution in [3.05, 3.63) is 106 Å². The van der Waals surface area contributed by atoms with Gasteiger partial charge in [0, 0.05) is 57.6 Å². The van der Waals surface area contributed by atoms with Gasteiger partial charge in [0.05, 0.1) is 15.7 Å². The average Bonchev–Trinajstić information content (AvgIpc) is 3.72. The minimum atomic E-state index is -3.87. The van der Waals surface area contributed by atoms with Gasteiger partial charge in [0.15, 0.2) is 0 Å². The van der Waals surface area contributed by atoms with E-state index in [0.717, 1.165) is 78.0 Å². The van der Waals surface area contributed by atoms with Crippen LogP contribution in [-0.4, -0.2) is 72.3 Å². The smallest absolute Gasteiger partial charge is 0.253 e. The van der Waals surface area contributed by atoms with E-state index in [1.165, 1.54) is 10.4 Å². The SMILES string of the molecule is Cc1ccc(-c2cc(CNC(=O)[C@@H]3C=CCN3S(=O)(=O)c3ccc(Cl)s3)cc(N3CCN(Cc4ccccn4)CC3)n2)cc1. The van der Waals surface area contributed by atoms with Gasteiger partial charge in [-0.25, -0.2) is 13.4 Å². The van der Waals surface area contributed by atoms with Gasteiger partial charge in [-0.15, -0.1) is 11.3 Å². The number of thiophene rings is 1. The van der Waals surface area contributed by atoms with E-state index in [-0.39, 0.29) is 23.2 Å². The van der Waals surface area contributed by atoms with Crippen molar-refractivity contribution in [1.29, 1.82) is 0 Å². The number of benzene rings is 1. The molecule has 228 valence electrons. The van der Waals surface area contributed by atoms with Crippen molar-refractivity contribution in [1.82, 2.24) is 24.5 Å².